The molecule has 1 saturated carbocycles. The Kier molecular flexibility index (Phi) is 4.77. The molecule has 1 aromatic carbocycles. The van der Waals surface area contributed by atoms with Crippen LogP contribution in [0.25, 0.3) is 10.8 Å². The van der Waals surface area contributed by atoms with E-state index in [1.165, 1.54) is 5.56 Å². The third-order valence-corrected chi connectivity index (χ3v) is 6.97. The number of amides is 1. The van der Waals surface area contributed by atoms with Crippen molar-refractivity contribution in [1.82, 2.24) is 9.88 Å². The molecule has 6 heteroatoms. The van der Waals surface area contributed by atoms with Gasteiger partial charge in [0.2, 0.25) is 5.91 Å². The van der Waals surface area contributed by atoms with Gasteiger partial charge in [0.05, 0.1) is 19.3 Å². The van der Waals surface area contributed by atoms with Gasteiger partial charge in [-0.05, 0) is 73.3 Å². The number of carbonyl (C=O) groups excluding carboxylic acids is 1. The van der Waals surface area contributed by atoms with Gasteiger partial charge in [0.25, 0.3) is 0 Å². The zero-order valence-corrected chi connectivity index (χ0v) is 16.9. The van der Waals surface area contributed by atoms with E-state index >= 15 is 0 Å². The van der Waals surface area contributed by atoms with Crippen LogP contribution in [-0.2, 0) is 9.53 Å². The summed E-state index contributed by atoms with van der Waals surface area (Å²) in [5.41, 5.74) is 1.22. The molecule has 1 aromatic heterocycles. The lowest BCUT2D eigenvalue weighted by Crippen LogP contribution is -2.51. The van der Waals surface area contributed by atoms with Gasteiger partial charge in [-0.2, -0.15) is 0 Å². The van der Waals surface area contributed by atoms with Crippen molar-refractivity contribution < 1.29 is 9.53 Å². The first-order valence-corrected chi connectivity index (χ1v) is 10.7. The fourth-order valence-electron chi connectivity index (χ4n) is 4.48. The van der Waals surface area contributed by atoms with Crippen LogP contribution in [0.1, 0.15) is 37.7 Å². The maximum atomic E-state index is 12.2. The molecule has 1 N–H and O–H groups in total. The summed E-state index contributed by atoms with van der Waals surface area (Å²) >= 11 is 6.63. The van der Waals surface area contributed by atoms with Crippen molar-refractivity contribution in [2.45, 2.75) is 38.1 Å². The lowest BCUT2D eigenvalue weighted by molar-refractivity contribution is -0.117. The van der Waals surface area contributed by atoms with Crippen LogP contribution < -0.4 is 5.32 Å². The molecule has 2 aromatic rings. The molecule has 5 rings (SSSR count). The van der Waals surface area contributed by atoms with Crippen molar-refractivity contribution in [3.05, 3.63) is 35.0 Å². The first-order valence-electron chi connectivity index (χ1n) is 10.3. The highest BCUT2D eigenvalue weighted by Crippen LogP contribution is 2.39. The van der Waals surface area contributed by atoms with Gasteiger partial charge >= 0.3 is 0 Å². The summed E-state index contributed by atoms with van der Waals surface area (Å²) in [6, 6.07) is 6.79. The molecule has 28 heavy (non-hydrogen) atoms. The van der Waals surface area contributed by atoms with E-state index in [2.05, 4.69) is 28.2 Å². The highest BCUT2D eigenvalue weighted by Gasteiger charge is 2.39. The molecule has 5 nitrogen and oxygen atoms in total. The number of ether oxygens (including phenoxy) is 1. The van der Waals surface area contributed by atoms with Crippen LogP contribution in [0.2, 0.25) is 5.02 Å². The van der Waals surface area contributed by atoms with Crippen molar-refractivity contribution in [3.63, 3.8) is 0 Å². The largest absolute Gasteiger partial charge is 0.378 e. The number of halogens is 1. The second-order valence-electron chi connectivity index (χ2n) is 8.60. The Labute approximate surface area is 170 Å². The number of rotatable bonds is 4. The summed E-state index contributed by atoms with van der Waals surface area (Å²) in [5, 5.41) is 5.89. The summed E-state index contributed by atoms with van der Waals surface area (Å²) < 4.78 is 5.33. The molecular weight excluding hydrogens is 374 g/mol. The monoisotopic (exact) mass is 399 g/mol. The van der Waals surface area contributed by atoms with Gasteiger partial charge in [-0.3, -0.25) is 9.69 Å². The minimum Gasteiger partial charge on any atom is -0.378 e. The van der Waals surface area contributed by atoms with Crippen molar-refractivity contribution in [2.75, 3.05) is 31.6 Å². The lowest BCUT2D eigenvalue weighted by Gasteiger charge is -2.41. The predicted octanol–water partition coefficient (Wildman–Crippen LogP) is 4.06. The molecule has 0 unspecified atom stereocenters. The van der Waals surface area contributed by atoms with Crippen molar-refractivity contribution in [2.24, 2.45) is 11.8 Å². The molecule has 1 amide bonds. The Balaban J connectivity index is 1.34. The molecule has 2 atom stereocenters. The minimum absolute atomic E-state index is 0.0842. The number of hydrogen-bond donors (Lipinski definition) is 1. The van der Waals surface area contributed by atoms with E-state index in [0.29, 0.717) is 23.7 Å². The molecule has 0 radical (unpaired) electrons. The van der Waals surface area contributed by atoms with Crippen LogP contribution in [0.3, 0.4) is 0 Å². The number of pyridine rings is 1. The summed E-state index contributed by atoms with van der Waals surface area (Å²) in [6.07, 6.45) is 5.02. The Morgan fingerprint density at radius 3 is 2.61 bits per heavy atom. The van der Waals surface area contributed by atoms with Gasteiger partial charge in [0, 0.05) is 22.5 Å². The SMILES string of the molecule is C[C@H]1C[C@@H]1C(=O)Nc1cc2cc(C3CCN(C4COC4)CC3)c(Cl)cc2cn1. The summed E-state index contributed by atoms with van der Waals surface area (Å²) in [4.78, 5) is 19.2. The zero-order chi connectivity index (χ0) is 19.3. The van der Waals surface area contributed by atoms with Gasteiger partial charge in [-0.1, -0.05) is 18.5 Å². The molecule has 148 valence electrons. The van der Waals surface area contributed by atoms with Crippen molar-refractivity contribution >= 4 is 34.1 Å². The zero-order valence-electron chi connectivity index (χ0n) is 16.2. The Morgan fingerprint density at radius 2 is 1.96 bits per heavy atom. The molecule has 3 heterocycles. The van der Waals surface area contributed by atoms with Gasteiger partial charge < -0.3 is 10.1 Å². The number of carbonyl (C=O) groups is 1. The fourth-order valence-corrected chi connectivity index (χ4v) is 4.81. The first kappa shape index (κ1) is 18.3. The number of hydrogen-bond acceptors (Lipinski definition) is 4. The average Bonchev–Trinajstić information content (AvgIpc) is 3.38. The van der Waals surface area contributed by atoms with Crippen molar-refractivity contribution in [1.29, 1.82) is 0 Å². The standard InChI is InChI=1S/C22H26ClN3O2/c1-13-6-18(13)22(27)25-21-9-15-7-19(20(23)8-16(15)10-24-21)14-2-4-26(5-3-14)17-11-28-12-17/h7-10,13-14,17-18H,2-6,11-12H2,1H3,(H,24,25,27)/t13-,18-/m0/s1. The van der Waals surface area contributed by atoms with E-state index in [-0.39, 0.29) is 11.8 Å². The fraction of sp³-hybridized carbons (Fsp3) is 0.545. The Bertz CT molecular complexity index is 906. The van der Waals surface area contributed by atoms with E-state index in [4.69, 9.17) is 16.3 Å². The number of benzene rings is 1. The molecule has 0 spiro atoms. The maximum Gasteiger partial charge on any atom is 0.228 e. The molecule has 3 aliphatic rings. The van der Waals surface area contributed by atoms with Gasteiger partial charge in [-0.15, -0.1) is 0 Å². The van der Waals surface area contributed by atoms with Gasteiger partial charge in [0.1, 0.15) is 5.82 Å². The van der Waals surface area contributed by atoms with E-state index in [9.17, 15) is 4.79 Å². The molecule has 2 saturated heterocycles. The van der Waals surface area contributed by atoms with Crippen LogP contribution >= 0.6 is 11.6 Å². The summed E-state index contributed by atoms with van der Waals surface area (Å²) in [5.74, 6) is 1.82. The quantitative estimate of drug-likeness (QED) is 0.842. The average molecular weight is 400 g/mol. The second-order valence-corrected chi connectivity index (χ2v) is 9.01. The number of nitrogens with one attached hydrogen (secondary N) is 1. The van der Waals surface area contributed by atoms with Crippen molar-refractivity contribution in [3.8, 4) is 0 Å². The number of piperidine rings is 1. The number of aromatic nitrogens is 1. The Hall–Kier alpha value is -1.69. The molecule has 3 fully saturated rings. The van der Waals surface area contributed by atoms with Crippen LogP contribution in [-0.4, -0.2) is 48.1 Å². The smallest absolute Gasteiger partial charge is 0.228 e. The lowest BCUT2D eigenvalue weighted by atomic mass is 9.87. The van der Waals surface area contributed by atoms with E-state index in [1.807, 2.05) is 12.1 Å². The van der Waals surface area contributed by atoms with E-state index < -0.39 is 0 Å². The van der Waals surface area contributed by atoms with Gasteiger partial charge in [-0.25, -0.2) is 4.98 Å². The number of likely N-dealkylation sites (tertiary alicyclic amines) is 1. The number of anilines is 1. The highest BCUT2D eigenvalue weighted by atomic mass is 35.5. The van der Waals surface area contributed by atoms with Crippen LogP contribution in [0, 0.1) is 11.8 Å². The predicted molar refractivity (Wildman–Crippen MR) is 111 cm³/mol. The normalized spacial score (nSPS) is 26.2. The second kappa shape index (κ2) is 7.29. The number of fused-ring (bicyclic) bond motifs is 1. The number of nitrogens with zero attached hydrogens (tertiary/aromatic N) is 2. The van der Waals surface area contributed by atoms with Gasteiger partial charge in [0.15, 0.2) is 0 Å². The summed E-state index contributed by atoms with van der Waals surface area (Å²) in [6.45, 7) is 6.06. The first-order chi connectivity index (χ1) is 13.6. The van der Waals surface area contributed by atoms with E-state index in [0.717, 1.165) is 61.4 Å². The minimum atomic E-state index is 0.0842. The topological polar surface area (TPSA) is 54.5 Å². The maximum absolute atomic E-state index is 12.2. The molecule has 2 aliphatic heterocycles. The Morgan fingerprint density at radius 1 is 1.21 bits per heavy atom. The third-order valence-electron chi connectivity index (χ3n) is 6.64. The van der Waals surface area contributed by atoms with E-state index in [1.54, 1.807) is 6.20 Å². The molecule has 1 aliphatic carbocycles. The van der Waals surface area contributed by atoms with Crippen LogP contribution in [0.5, 0.6) is 0 Å². The van der Waals surface area contributed by atoms with Crippen LogP contribution in [0.4, 0.5) is 5.82 Å². The molecular formula is C22H26ClN3O2. The van der Waals surface area contributed by atoms with Crippen LogP contribution in [0.15, 0.2) is 24.4 Å². The molecule has 0 bridgehead atoms. The highest BCUT2D eigenvalue weighted by molar-refractivity contribution is 6.32. The summed E-state index contributed by atoms with van der Waals surface area (Å²) in [7, 11) is 0. The third kappa shape index (κ3) is 3.51.